The van der Waals surface area contributed by atoms with Crippen LogP contribution in [0.4, 0.5) is 5.69 Å². The van der Waals surface area contributed by atoms with Gasteiger partial charge in [0.25, 0.3) is 5.91 Å². The Hall–Kier alpha value is -3.46. The van der Waals surface area contributed by atoms with Gasteiger partial charge in [0, 0.05) is 30.9 Å². The fraction of sp³-hybridized carbons (Fsp3) is 0.462. The first-order valence-electron chi connectivity index (χ1n) is 11.7. The summed E-state index contributed by atoms with van der Waals surface area (Å²) in [5.41, 5.74) is 1.28. The number of hydrogen-bond acceptors (Lipinski definition) is 8. The number of para-hydroxylation sites is 1. The molecule has 0 aromatic heterocycles. The summed E-state index contributed by atoms with van der Waals surface area (Å²) in [5.74, 6) is 1.41. The molecule has 2 aliphatic rings. The highest BCUT2D eigenvalue weighted by Gasteiger charge is 2.54. The van der Waals surface area contributed by atoms with Gasteiger partial charge < -0.3 is 28.7 Å². The third-order valence-corrected chi connectivity index (χ3v) is 6.99. The van der Waals surface area contributed by atoms with Gasteiger partial charge in [-0.05, 0) is 31.0 Å². The Morgan fingerprint density at radius 2 is 1.60 bits per heavy atom. The highest BCUT2D eigenvalue weighted by molar-refractivity contribution is 5.95. The molecule has 0 radical (unpaired) electrons. The number of carbonyl (C=O) groups is 2. The van der Waals surface area contributed by atoms with Crippen LogP contribution in [0.5, 0.6) is 17.2 Å². The van der Waals surface area contributed by atoms with Crippen LogP contribution in [0.25, 0.3) is 0 Å². The number of likely N-dealkylation sites (tertiary alicyclic amines) is 1. The summed E-state index contributed by atoms with van der Waals surface area (Å²) in [6, 6.07) is 13.8. The zero-order valence-electron chi connectivity index (χ0n) is 20.8. The molecule has 0 N–H and O–H groups in total. The van der Waals surface area contributed by atoms with Crippen LogP contribution < -0.4 is 19.1 Å². The molecule has 0 aliphatic carbocycles. The van der Waals surface area contributed by atoms with Gasteiger partial charge in [-0.25, -0.2) is 0 Å². The third-order valence-electron chi connectivity index (χ3n) is 6.99. The third kappa shape index (κ3) is 4.60. The first-order valence-corrected chi connectivity index (χ1v) is 11.7. The fourth-order valence-corrected chi connectivity index (χ4v) is 5.15. The number of hydrogen-bond donors (Lipinski definition) is 0. The molecule has 4 rings (SSSR count). The van der Waals surface area contributed by atoms with E-state index in [2.05, 4.69) is 9.80 Å². The van der Waals surface area contributed by atoms with Crippen molar-refractivity contribution in [3.8, 4) is 17.2 Å². The quantitative estimate of drug-likeness (QED) is 0.530. The molecule has 2 aromatic carbocycles. The SMILES string of the molecule is COC(=O)CN1CN(c2ccccc2)C2(CCN(Cc3ccc(OC)c(OC)c3OC)CC2)C1=O. The lowest BCUT2D eigenvalue weighted by molar-refractivity contribution is -0.146. The Morgan fingerprint density at radius 1 is 0.914 bits per heavy atom. The summed E-state index contributed by atoms with van der Waals surface area (Å²) in [5, 5.41) is 0. The summed E-state index contributed by atoms with van der Waals surface area (Å²) in [7, 11) is 6.16. The van der Waals surface area contributed by atoms with E-state index in [1.807, 2.05) is 42.5 Å². The minimum absolute atomic E-state index is 0.0184. The van der Waals surface area contributed by atoms with Crippen molar-refractivity contribution in [3.63, 3.8) is 0 Å². The summed E-state index contributed by atoms with van der Waals surface area (Å²) >= 11 is 0. The average Bonchev–Trinajstić information content (AvgIpc) is 3.16. The monoisotopic (exact) mass is 483 g/mol. The number of rotatable bonds is 8. The maximum atomic E-state index is 13.6. The second-order valence-corrected chi connectivity index (χ2v) is 8.79. The zero-order chi connectivity index (χ0) is 25.0. The Bertz CT molecular complexity index is 1050. The first-order chi connectivity index (χ1) is 17.0. The number of amides is 1. The minimum Gasteiger partial charge on any atom is -0.493 e. The summed E-state index contributed by atoms with van der Waals surface area (Å²) in [6.07, 6.45) is 1.29. The Balaban J connectivity index is 1.55. The molecule has 9 nitrogen and oxygen atoms in total. The maximum Gasteiger partial charge on any atom is 0.325 e. The first kappa shape index (κ1) is 24.7. The highest BCUT2D eigenvalue weighted by atomic mass is 16.5. The van der Waals surface area contributed by atoms with Gasteiger partial charge in [-0.3, -0.25) is 14.5 Å². The van der Waals surface area contributed by atoms with E-state index in [1.54, 1.807) is 26.2 Å². The number of methoxy groups -OCH3 is 4. The van der Waals surface area contributed by atoms with Crippen molar-refractivity contribution in [3.05, 3.63) is 48.0 Å². The molecule has 0 saturated carbocycles. The lowest BCUT2D eigenvalue weighted by Gasteiger charge is -2.43. The molecule has 35 heavy (non-hydrogen) atoms. The van der Waals surface area contributed by atoms with E-state index in [9.17, 15) is 9.59 Å². The zero-order valence-corrected chi connectivity index (χ0v) is 20.8. The molecule has 0 bridgehead atoms. The van der Waals surface area contributed by atoms with Crippen molar-refractivity contribution in [2.45, 2.75) is 24.9 Å². The van der Waals surface area contributed by atoms with Gasteiger partial charge >= 0.3 is 5.97 Å². The molecule has 2 saturated heterocycles. The van der Waals surface area contributed by atoms with Crippen molar-refractivity contribution in [1.29, 1.82) is 0 Å². The number of piperidine rings is 1. The molecule has 1 spiro atoms. The predicted octanol–water partition coefficient (Wildman–Crippen LogP) is 2.53. The molecule has 0 atom stereocenters. The van der Waals surface area contributed by atoms with Crippen LogP contribution in [0, 0.1) is 0 Å². The topological polar surface area (TPSA) is 80.8 Å². The Kier molecular flexibility index (Phi) is 7.35. The largest absolute Gasteiger partial charge is 0.493 e. The number of nitrogens with zero attached hydrogens (tertiary/aromatic N) is 3. The molecule has 2 aliphatic heterocycles. The summed E-state index contributed by atoms with van der Waals surface area (Å²) < 4.78 is 21.4. The number of esters is 1. The molecule has 188 valence electrons. The molecular formula is C26H33N3O6. The van der Waals surface area contributed by atoms with Gasteiger partial charge in [0.1, 0.15) is 12.1 Å². The van der Waals surface area contributed by atoms with E-state index >= 15 is 0 Å². The Labute approximate surface area is 206 Å². The van der Waals surface area contributed by atoms with E-state index < -0.39 is 11.5 Å². The van der Waals surface area contributed by atoms with Crippen LogP contribution in [-0.4, -0.2) is 82.0 Å². The standard InChI is InChI=1S/C26H33N3O6/c1-32-21-11-10-19(23(34-3)24(21)35-4)16-27-14-12-26(13-15-27)25(31)28(17-22(30)33-2)18-29(26)20-8-6-5-7-9-20/h5-11H,12-18H2,1-4H3. The van der Waals surface area contributed by atoms with Crippen LogP contribution in [0.3, 0.4) is 0 Å². The van der Waals surface area contributed by atoms with Crippen molar-refractivity contribution in [2.75, 3.05) is 59.6 Å². The number of anilines is 1. The van der Waals surface area contributed by atoms with E-state index in [1.165, 1.54) is 7.11 Å². The van der Waals surface area contributed by atoms with E-state index in [0.29, 0.717) is 43.3 Å². The molecular weight excluding hydrogens is 450 g/mol. The van der Waals surface area contributed by atoms with Gasteiger partial charge in [0.05, 0.1) is 35.1 Å². The second-order valence-electron chi connectivity index (χ2n) is 8.79. The number of carbonyl (C=O) groups excluding carboxylic acids is 2. The molecule has 2 fully saturated rings. The number of ether oxygens (including phenoxy) is 4. The smallest absolute Gasteiger partial charge is 0.325 e. The summed E-state index contributed by atoms with van der Waals surface area (Å²) in [6.45, 7) is 2.41. The van der Waals surface area contributed by atoms with Crippen LogP contribution >= 0.6 is 0 Å². The van der Waals surface area contributed by atoms with Gasteiger partial charge in [-0.1, -0.05) is 24.3 Å². The van der Waals surface area contributed by atoms with Crippen molar-refractivity contribution < 1.29 is 28.5 Å². The average molecular weight is 484 g/mol. The lowest BCUT2D eigenvalue weighted by Crippen LogP contribution is -2.56. The van der Waals surface area contributed by atoms with E-state index in [4.69, 9.17) is 18.9 Å². The molecule has 0 unspecified atom stereocenters. The van der Waals surface area contributed by atoms with Gasteiger partial charge in [0.2, 0.25) is 5.75 Å². The minimum atomic E-state index is -0.687. The molecule has 1 amide bonds. The molecule has 2 aromatic rings. The Morgan fingerprint density at radius 3 is 2.20 bits per heavy atom. The number of benzene rings is 2. The predicted molar refractivity (Wildman–Crippen MR) is 131 cm³/mol. The lowest BCUT2D eigenvalue weighted by atomic mass is 9.85. The van der Waals surface area contributed by atoms with Crippen LogP contribution in [0.2, 0.25) is 0 Å². The van der Waals surface area contributed by atoms with E-state index in [0.717, 1.165) is 24.3 Å². The van der Waals surface area contributed by atoms with Crippen molar-refractivity contribution >= 4 is 17.6 Å². The normalized spacial score (nSPS) is 17.5. The van der Waals surface area contributed by atoms with Gasteiger partial charge in [-0.15, -0.1) is 0 Å². The van der Waals surface area contributed by atoms with Crippen LogP contribution in [0.15, 0.2) is 42.5 Å². The summed E-state index contributed by atoms with van der Waals surface area (Å²) in [4.78, 5) is 31.7. The van der Waals surface area contributed by atoms with E-state index in [-0.39, 0.29) is 12.5 Å². The van der Waals surface area contributed by atoms with Crippen LogP contribution in [-0.2, 0) is 20.9 Å². The van der Waals surface area contributed by atoms with Crippen molar-refractivity contribution in [2.24, 2.45) is 0 Å². The fourth-order valence-electron chi connectivity index (χ4n) is 5.15. The van der Waals surface area contributed by atoms with Crippen LogP contribution in [0.1, 0.15) is 18.4 Å². The second kappa shape index (κ2) is 10.4. The maximum absolute atomic E-state index is 13.6. The van der Waals surface area contributed by atoms with Gasteiger partial charge in [0.15, 0.2) is 11.5 Å². The molecule has 2 heterocycles. The molecule has 9 heteroatoms. The van der Waals surface area contributed by atoms with Gasteiger partial charge in [-0.2, -0.15) is 0 Å². The van der Waals surface area contributed by atoms with Crippen molar-refractivity contribution in [1.82, 2.24) is 9.80 Å². The highest BCUT2D eigenvalue weighted by Crippen LogP contribution is 2.42.